The summed E-state index contributed by atoms with van der Waals surface area (Å²) < 4.78 is 11.7. The normalized spacial score (nSPS) is 12.3. The van der Waals surface area contributed by atoms with Crippen LogP contribution in [0.4, 0.5) is 5.69 Å². The first-order valence-corrected chi connectivity index (χ1v) is 7.58. The minimum Gasteiger partial charge on any atom is -0.454 e. The maximum absolute atomic E-state index is 12.7. The summed E-state index contributed by atoms with van der Waals surface area (Å²) in [7, 11) is 1.78. The summed E-state index contributed by atoms with van der Waals surface area (Å²) in [6.07, 6.45) is 0. The Bertz CT molecular complexity index is 715. The predicted octanol–water partition coefficient (Wildman–Crippen LogP) is 3.60. The van der Waals surface area contributed by atoms with Crippen LogP contribution in [-0.4, -0.2) is 19.7 Å². The molecule has 0 radical (unpaired) electrons. The van der Waals surface area contributed by atoms with Crippen molar-refractivity contribution in [3.63, 3.8) is 0 Å². The van der Waals surface area contributed by atoms with Gasteiger partial charge in [0.05, 0.1) is 5.69 Å². The highest BCUT2D eigenvalue weighted by atomic mass is 127. The molecule has 0 N–H and O–H groups in total. The SMILES string of the molecule is Cc1cc2c(cc1C(=O)N(C)c1ccccc1I)OCO2. The van der Waals surface area contributed by atoms with E-state index in [-0.39, 0.29) is 12.7 Å². The number of anilines is 1. The molecule has 3 rings (SSSR count). The van der Waals surface area contributed by atoms with Crippen LogP contribution in [0.1, 0.15) is 15.9 Å². The van der Waals surface area contributed by atoms with Crippen LogP contribution < -0.4 is 14.4 Å². The summed E-state index contributed by atoms with van der Waals surface area (Å²) in [6.45, 7) is 2.11. The van der Waals surface area contributed by atoms with E-state index in [0.29, 0.717) is 17.1 Å². The Balaban J connectivity index is 1.97. The number of carbonyl (C=O) groups excluding carboxylic acids is 1. The van der Waals surface area contributed by atoms with Crippen LogP contribution in [-0.2, 0) is 0 Å². The second-order valence-electron chi connectivity index (χ2n) is 4.84. The van der Waals surface area contributed by atoms with E-state index in [9.17, 15) is 4.79 Å². The second kappa shape index (κ2) is 5.55. The van der Waals surface area contributed by atoms with E-state index >= 15 is 0 Å². The number of carbonyl (C=O) groups is 1. The molecule has 0 bridgehead atoms. The largest absolute Gasteiger partial charge is 0.454 e. The molecule has 4 nitrogen and oxygen atoms in total. The molecule has 0 spiro atoms. The van der Waals surface area contributed by atoms with E-state index in [0.717, 1.165) is 14.8 Å². The fraction of sp³-hybridized carbons (Fsp3) is 0.188. The van der Waals surface area contributed by atoms with Gasteiger partial charge in [-0.05, 0) is 59.3 Å². The average Bonchev–Trinajstić information content (AvgIpc) is 2.92. The number of ether oxygens (including phenoxy) is 2. The van der Waals surface area contributed by atoms with Gasteiger partial charge >= 0.3 is 0 Å². The van der Waals surface area contributed by atoms with Gasteiger partial charge in [-0.2, -0.15) is 0 Å². The van der Waals surface area contributed by atoms with Gasteiger partial charge in [-0.3, -0.25) is 4.79 Å². The molecular weight excluding hydrogens is 381 g/mol. The van der Waals surface area contributed by atoms with Crippen LogP contribution in [0.3, 0.4) is 0 Å². The van der Waals surface area contributed by atoms with Gasteiger partial charge in [0, 0.05) is 16.2 Å². The van der Waals surface area contributed by atoms with Gasteiger partial charge < -0.3 is 14.4 Å². The van der Waals surface area contributed by atoms with Crippen molar-refractivity contribution in [1.29, 1.82) is 0 Å². The van der Waals surface area contributed by atoms with E-state index in [2.05, 4.69) is 22.6 Å². The van der Waals surface area contributed by atoms with E-state index < -0.39 is 0 Å². The first-order chi connectivity index (χ1) is 10.1. The Labute approximate surface area is 136 Å². The van der Waals surface area contributed by atoms with Crippen LogP contribution in [0.5, 0.6) is 11.5 Å². The zero-order chi connectivity index (χ0) is 15.0. The zero-order valence-corrected chi connectivity index (χ0v) is 13.9. The van der Waals surface area contributed by atoms with E-state index in [1.807, 2.05) is 37.3 Å². The first-order valence-electron chi connectivity index (χ1n) is 6.51. The fourth-order valence-corrected chi connectivity index (χ4v) is 3.04. The standard InChI is InChI=1S/C16H14INO3/c1-10-7-14-15(21-9-20-14)8-11(10)16(19)18(2)13-6-4-3-5-12(13)17/h3-8H,9H2,1-2H3. The highest BCUT2D eigenvalue weighted by molar-refractivity contribution is 14.1. The molecule has 1 heterocycles. The number of aryl methyl sites for hydroxylation is 1. The average molecular weight is 395 g/mol. The molecule has 2 aromatic rings. The quantitative estimate of drug-likeness (QED) is 0.730. The molecule has 21 heavy (non-hydrogen) atoms. The summed E-state index contributed by atoms with van der Waals surface area (Å²) >= 11 is 2.23. The third kappa shape index (κ3) is 2.57. The molecule has 0 saturated carbocycles. The number of benzene rings is 2. The Morgan fingerprint density at radius 2 is 1.86 bits per heavy atom. The summed E-state index contributed by atoms with van der Waals surface area (Å²) in [5, 5.41) is 0. The van der Waals surface area contributed by atoms with E-state index in [1.165, 1.54) is 0 Å². The van der Waals surface area contributed by atoms with Gasteiger partial charge in [-0.1, -0.05) is 12.1 Å². The van der Waals surface area contributed by atoms with Gasteiger partial charge in [-0.15, -0.1) is 0 Å². The molecule has 0 saturated heterocycles. The zero-order valence-electron chi connectivity index (χ0n) is 11.7. The molecule has 1 aliphatic heterocycles. The highest BCUT2D eigenvalue weighted by Gasteiger charge is 2.22. The maximum atomic E-state index is 12.7. The molecule has 2 aromatic carbocycles. The van der Waals surface area contributed by atoms with Gasteiger partial charge in [-0.25, -0.2) is 0 Å². The third-order valence-electron chi connectivity index (χ3n) is 3.47. The van der Waals surface area contributed by atoms with Crippen LogP contribution in [0.2, 0.25) is 0 Å². The lowest BCUT2D eigenvalue weighted by Crippen LogP contribution is -2.27. The summed E-state index contributed by atoms with van der Waals surface area (Å²) in [5.41, 5.74) is 2.39. The molecule has 108 valence electrons. The fourth-order valence-electron chi connectivity index (χ4n) is 2.29. The molecule has 5 heteroatoms. The number of fused-ring (bicyclic) bond motifs is 1. The van der Waals surface area contributed by atoms with E-state index in [1.54, 1.807) is 18.0 Å². The molecule has 0 fully saturated rings. The predicted molar refractivity (Wildman–Crippen MR) is 89.2 cm³/mol. The number of amides is 1. The minimum absolute atomic E-state index is 0.0603. The number of para-hydroxylation sites is 1. The lowest BCUT2D eigenvalue weighted by atomic mass is 10.1. The minimum atomic E-state index is -0.0603. The van der Waals surface area contributed by atoms with Crippen LogP contribution in [0.25, 0.3) is 0 Å². The van der Waals surface area contributed by atoms with Crippen LogP contribution in [0, 0.1) is 10.5 Å². The Morgan fingerprint density at radius 3 is 2.57 bits per heavy atom. The van der Waals surface area contributed by atoms with Gasteiger partial charge in [0.2, 0.25) is 6.79 Å². The second-order valence-corrected chi connectivity index (χ2v) is 6.00. The lowest BCUT2D eigenvalue weighted by Gasteiger charge is -2.20. The van der Waals surface area contributed by atoms with Crippen molar-refractivity contribution in [2.45, 2.75) is 6.92 Å². The van der Waals surface area contributed by atoms with Crippen LogP contribution >= 0.6 is 22.6 Å². The van der Waals surface area contributed by atoms with Crippen molar-refractivity contribution in [3.8, 4) is 11.5 Å². The van der Waals surface area contributed by atoms with Crippen molar-refractivity contribution in [2.24, 2.45) is 0 Å². The summed E-state index contributed by atoms with van der Waals surface area (Å²) in [5.74, 6) is 1.26. The first kappa shape index (κ1) is 14.2. The molecule has 0 unspecified atom stereocenters. The monoisotopic (exact) mass is 395 g/mol. The smallest absolute Gasteiger partial charge is 0.258 e. The van der Waals surface area contributed by atoms with Crippen molar-refractivity contribution in [1.82, 2.24) is 0 Å². The molecule has 0 atom stereocenters. The number of rotatable bonds is 2. The summed E-state index contributed by atoms with van der Waals surface area (Å²) in [6, 6.07) is 11.4. The van der Waals surface area contributed by atoms with Crippen molar-refractivity contribution >= 4 is 34.2 Å². The van der Waals surface area contributed by atoms with Crippen molar-refractivity contribution < 1.29 is 14.3 Å². The number of halogens is 1. The van der Waals surface area contributed by atoms with E-state index in [4.69, 9.17) is 9.47 Å². The van der Waals surface area contributed by atoms with Crippen molar-refractivity contribution in [2.75, 3.05) is 18.7 Å². The molecule has 1 aliphatic rings. The van der Waals surface area contributed by atoms with Gasteiger partial charge in [0.1, 0.15) is 0 Å². The van der Waals surface area contributed by atoms with Gasteiger partial charge in [0.15, 0.2) is 11.5 Å². The molecule has 1 amide bonds. The van der Waals surface area contributed by atoms with Crippen molar-refractivity contribution in [3.05, 3.63) is 51.1 Å². The Hall–Kier alpha value is -1.76. The third-order valence-corrected chi connectivity index (χ3v) is 4.38. The molecular formula is C16H14INO3. The van der Waals surface area contributed by atoms with Gasteiger partial charge in [0.25, 0.3) is 5.91 Å². The van der Waals surface area contributed by atoms with Crippen LogP contribution in [0.15, 0.2) is 36.4 Å². The Kier molecular flexibility index (Phi) is 3.75. The highest BCUT2D eigenvalue weighted by Crippen LogP contribution is 2.35. The maximum Gasteiger partial charge on any atom is 0.258 e. The summed E-state index contributed by atoms with van der Waals surface area (Å²) in [4.78, 5) is 14.4. The topological polar surface area (TPSA) is 38.8 Å². The molecule has 0 aromatic heterocycles. The number of hydrogen-bond acceptors (Lipinski definition) is 3. The number of nitrogens with zero attached hydrogens (tertiary/aromatic N) is 1. The molecule has 0 aliphatic carbocycles. The Morgan fingerprint density at radius 1 is 1.19 bits per heavy atom. The lowest BCUT2D eigenvalue weighted by molar-refractivity contribution is 0.0992. The number of hydrogen-bond donors (Lipinski definition) is 0.